The van der Waals surface area contributed by atoms with Crippen molar-refractivity contribution in [2.45, 2.75) is 6.04 Å². The van der Waals surface area contributed by atoms with E-state index in [-0.39, 0.29) is 0 Å². The molecule has 0 aliphatic carbocycles. The summed E-state index contributed by atoms with van der Waals surface area (Å²) in [6.45, 7) is 1.01. The largest absolute Gasteiger partial charge is 0.383 e. The van der Waals surface area contributed by atoms with E-state index in [1.165, 1.54) is 0 Å². The van der Waals surface area contributed by atoms with Crippen molar-refractivity contribution in [1.82, 2.24) is 5.32 Å². The third kappa shape index (κ3) is 4.16. The number of halogens is 2. The maximum atomic E-state index is 11.3. The molecule has 0 aliphatic heterocycles. The molecule has 0 saturated carbocycles. The predicted octanol–water partition coefficient (Wildman–Crippen LogP) is 1.76. The van der Waals surface area contributed by atoms with Crippen LogP contribution in [0.3, 0.4) is 0 Å². The number of nitrogens with one attached hydrogen (secondary N) is 1. The molecule has 4 nitrogen and oxygen atoms in total. The predicted molar refractivity (Wildman–Crippen MR) is 68.3 cm³/mol. The Kier molecular flexibility index (Phi) is 5.71. The lowest BCUT2D eigenvalue weighted by Crippen LogP contribution is -2.35. The van der Waals surface area contributed by atoms with Crippen LogP contribution in [-0.4, -0.2) is 26.2 Å². The van der Waals surface area contributed by atoms with Gasteiger partial charge >= 0.3 is 0 Å². The lowest BCUT2D eigenvalue weighted by Gasteiger charge is -2.16. The standard InChI is InChI=1S/C11H14Cl2N2O2/c1-17-5-4-15-10(11(14)16)7-2-3-8(12)9(13)6-7/h2-3,6,10,15H,4-5H2,1H3,(H2,14,16). The molecule has 6 heteroatoms. The second-order valence-corrected chi connectivity index (χ2v) is 4.27. The first kappa shape index (κ1) is 14.3. The zero-order valence-corrected chi connectivity index (χ0v) is 10.9. The Bertz CT molecular complexity index is 399. The molecule has 94 valence electrons. The number of primary amides is 1. The average Bonchev–Trinajstić information content (AvgIpc) is 2.28. The van der Waals surface area contributed by atoms with Gasteiger partial charge < -0.3 is 10.5 Å². The molecule has 0 heterocycles. The Morgan fingerprint density at radius 3 is 2.71 bits per heavy atom. The minimum atomic E-state index is -0.597. The first-order chi connectivity index (χ1) is 8.06. The molecule has 1 rings (SSSR count). The van der Waals surface area contributed by atoms with Crippen LogP contribution < -0.4 is 11.1 Å². The molecule has 0 aromatic heterocycles. The van der Waals surface area contributed by atoms with E-state index in [1.807, 2.05) is 0 Å². The number of ether oxygens (including phenoxy) is 1. The van der Waals surface area contributed by atoms with Crippen molar-refractivity contribution < 1.29 is 9.53 Å². The maximum Gasteiger partial charge on any atom is 0.239 e. The summed E-state index contributed by atoms with van der Waals surface area (Å²) in [5, 5.41) is 3.81. The van der Waals surface area contributed by atoms with Crippen LogP contribution in [0.4, 0.5) is 0 Å². The van der Waals surface area contributed by atoms with E-state index < -0.39 is 11.9 Å². The zero-order chi connectivity index (χ0) is 12.8. The second kappa shape index (κ2) is 6.81. The van der Waals surface area contributed by atoms with Crippen LogP contribution in [0.1, 0.15) is 11.6 Å². The lowest BCUT2D eigenvalue weighted by atomic mass is 10.1. The van der Waals surface area contributed by atoms with Gasteiger partial charge in [-0.1, -0.05) is 29.3 Å². The summed E-state index contributed by atoms with van der Waals surface area (Å²) in [6.07, 6.45) is 0. The van der Waals surface area contributed by atoms with E-state index in [1.54, 1.807) is 25.3 Å². The molecule has 0 saturated heterocycles. The Balaban J connectivity index is 2.82. The SMILES string of the molecule is COCCNC(C(N)=O)c1ccc(Cl)c(Cl)c1. The second-order valence-electron chi connectivity index (χ2n) is 3.46. The molecular weight excluding hydrogens is 263 g/mol. The van der Waals surface area contributed by atoms with Gasteiger partial charge in [0.1, 0.15) is 6.04 Å². The summed E-state index contributed by atoms with van der Waals surface area (Å²) in [5.41, 5.74) is 6.00. The normalized spacial score (nSPS) is 12.4. The molecule has 0 spiro atoms. The van der Waals surface area contributed by atoms with Gasteiger partial charge in [-0.2, -0.15) is 0 Å². The van der Waals surface area contributed by atoms with Gasteiger partial charge in [-0.05, 0) is 17.7 Å². The molecule has 17 heavy (non-hydrogen) atoms. The van der Waals surface area contributed by atoms with E-state index in [2.05, 4.69) is 5.32 Å². The number of amides is 1. The number of rotatable bonds is 6. The van der Waals surface area contributed by atoms with Gasteiger partial charge in [0, 0.05) is 13.7 Å². The van der Waals surface area contributed by atoms with Crippen LogP contribution in [0.5, 0.6) is 0 Å². The summed E-state index contributed by atoms with van der Waals surface area (Å²) < 4.78 is 4.89. The van der Waals surface area contributed by atoms with Gasteiger partial charge in [0.25, 0.3) is 0 Å². The third-order valence-corrected chi connectivity index (χ3v) is 2.96. The van der Waals surface area contributed by atoms with Crippen molar-refractivity contribution in [3.8, 4) is 0 Å². The summed E-state index contributed by atoms with van der Waals surface area (Å²) in [5.74, 6) is -0.473. The van der Waals surface area contributed by atoms with Crippen LogP contribution in [0.25, 0.3) is 0 Å². The highest BCUT2D eigenvalue weighted by Crippen LogP contribution is 2.25. The number of hydrogen-bond donors (Lipinski definition) is 2. The number of benzene rings is 1. The Labute approximate surface area is 110 Å². The minimum absolute atomic E-state index is 0.393. The third-order valence-electron chi connectivity index (χ3n) is 2.22. The summed E-state index contributed by atoms with van der Waals surface area (Å²) in [7, 11) is 1.58. The molecule has 1 atom stereocenters. The smallest absolute Gasteiger partial charge is 0.239 e. The average molecular weight is 277 g/mol. The van der Waals surface area contributed by atoms with E-state index in [9.17, 15) is 4.79 Å². The molecule has 1 aromatic rings. The van der Waals surface area contributed by atoms with Crippen LogP contribution in [0.15, 0.2) is 18.2 Å². The van der Waals surface area contributed by atoms with Crippen molar-refractivity contribution in [2.24, 2.45) is 5.73 Å². The monoisotopic (exact) mass is 276 g/mol. The molecule has 0 radical (unpaired) electrons. The Hall–Kier alpha value is -0.810. The van der Waals surface area contributed by atoms with Gasteiger partial charge in [-0.25, -0.2) is 0 Å². The van der Waals surface area contributed by atoms with Gasteiger partial charge in [-0.3, -0.25) is 10.1 Å². The highest BCUT2D eigenvalue weighted by Gasteiger charge is 2.17. The van der Waals surface area contributed by atoms with E-state index in [0.29, 0.717) is 28.8 Å². The number of carbonyl (C=O) groups excluding carboxylic acids is 1. The fourth-order valence-electron chi connectivity index (χ4n) is 1.38. The van der Waals surface area contributed by atoms with E-state index in [0.717, 1.165) is 0 Å². The number of nitrogens with two attached hydrogens (primary N) is 1. The van der Waals surface area contributed by atoms with Crippen LogP contribution >= 0.6 is 23.2 Å². The quantitative estimate of drug-likeness (QED) is 0.779. The van der Waals surface area contributed by atoms with Crippen molar-refractivity contribution in [3.63, 3.8) is 0 Å². The van der Waals surface area contributed by atoms with Gasteiger partial charge in [0.05, 0.1) is 16.7 Å². The Morgan fingerprint density at radius 2 is 2.18 bits per heavy atom. The van der Waals surface area contributed by atoms with Crippen LogP contribution in [0, 0.1) is 0 Å². The van der Waals surface area contributed by atoms with Crippen LogP contribution in [-0.2, 0) is 9.53 Å². The minimum Gasteiger partial charge on any atom is -0.383 e. The molecule has 3 N–H and O–H groups in total. The topological polar surface area (TPSA) is 64.3 Å². The summed E-state index contributed by atoms with van der Waals surface area (Å²) in [6, 6.07) is 4.37. The maximum absolute atomic E-state index is 11.3. The first-order valence-electron chi connectivity index (χ1n) is 5.03. The van der Waals surface area contributed by atoms with E-state index in [4.69, 9.17) is 33.7 Å². The van der Waals surface area contributed by atoms with Crippen molar-refractivity contribution in [1.29, 1.82) is 0 Å². The molecule has 0 fully saturated rings. The van der Waals surface area contributed by atoms with Gasteiger partial charge in [0.15, 0.2) is 0 Å². The van der Waals surface area contributed by atoms with Gasteiger partial charge in [-0.15, -0.1) is 0 Å². The van der Waals surface area contributed by atoms with Crippen LogP contribution in [0.2, 0.25) is 10.0 Å². The molecule has 0 aliphatic rings. The van der Waals surface area contributed by atoms with Crippen molar-refractivity contribution >= 4 is 29.1 Å². The molecule has 0 bridgehead atoms. The van der Waals surface area contributed by atoms with E-state index >= 15 is 0 Å². The first-order valence-corrected chi connectivity index (χ1v) is 5.78. The lowest BCUT2D eigenvalue weighted by molar-refractivity contribution is -0.120. The summed E-state index contributed by atoms with van der Waals surface area (Å²) >= 11 is 11.7. The Morgan fingerprint density at radius 1 is 1.47 bits per heavy atom. The molecule has 1 amide bonds. The molecular formula is C11H14Cl2N2O2. The summed E-state index contributed by atoms with van der Waals surface area (Å²) in [4.78, 5) is 11.3. The fraction of sp³-hybridized carbons (Fsp3) is 0.364. The molecule has 1 unspecified atom stereocenters. The number of hydrogen-bond acceptors (Lipinski definition) is 3. The van der Waals surface area contributed by atoms with Gasteiger partial charge in [0.2, 0.25) is 5.91 Å². The van der Waals surface area contributed by atoms with Crippen molar-refractivity contribution in [2.75, 3.05) is 20.3 Å². The number of methoxy groups -OCH3 is 1. The highest BCUT2D eigenvalue weighted by atomic mass is 35.5. The highest BCUT2D eigenvalue weighted by molar-refractivity contribution is 6.42. The zero-order valence-electron chi connectivity index (χ0n) is 9.37. The number of carbonyl (C=O) groups is 1. The molecule has 1 aromatic carbocycles. The van der Waals surface area contributed by atoms with Crippen molar-refractivity contribution in [3.05, 3.63) is 33.8 Å². The fourth-order valence-corrected chi connectivity index (χ4v) is 1.69.